The Hall–Kier alpha value is -10.6. The Morgan fingerprint density at radius 2 is 0.702 bits per heavy atom. The molecular weight excluding hydrogens is 1060 g/mol. The average molecular weight is 1110 g/mol. The van der Waals surface area contributed by atoms with Crippen molar-refractivity contribution in [1.29, 1.82) is 0 Å². The van der Waals surface area contributed by atoms with Gasteiger partial charge >= 0.3 is 0 Å². The molecule has 8 heteroatoms. The molecular formula is C76H44N4O2S2. The van der Waals surface area contributed by atoms with Crippen LogP contribution in [0.25, 0.3) is 173 Å². The minimum Gasteiger partial charge on any atom is -0.436 e. The molecule has 0 saturated heterocycles. The molecule has 0 fully saturated rings. The van der Waals surface area contributed by atoms with Crippen LogP contribution in [-0.2, 0) is 0 Å². The molecule has 392 valence electrons. The van der Waals surface area contributed by atoms with Crippen molar-refractivity contribution in [3.8, 4) is 67.0 Å². The number of benzene rings is 12. The molecule has 0 unspecified atom stereocenters. The molecule has 0 aliphatic heterocycles. The molecule has 0 N–H and O–H groups in total. The van der Waals surface area contributed by atoms with Crippen LogP contribution in [0.5, 0.6) is 0 Å². The Morgan fingerprint density at radius 1 is 0.274 bits per heavy atom. The number of hydrogen-bond donors (Lipinski definition) is 0. The maximum atomic E-state index is 6.23. The molecule has 0 atom stereocenters. The van der Waals surface area contributed by atoms with E-state index in [1.165, 1.54) is 84.1 Å². The first-order valence-corrected chi connectivity index (χ1v) is 29.6. The summed E-state index contributed by atoms with van der Waals surface area (Å²) in [6.07, 6.45) is 3.72. The summed E-state index contributed by atoms with van der Waals surface area (Å²) in [4.78, 5) is 19.6. The first-order chi connectivity index (χ1) is 41.6. The number of nitrogens with zero attached hydrogens (tertiary/aromatic N) is 4. The van der Waals surface area contributed by atoms with Gasteiger partial charge in [-0.25, -0.2) is 19.9 Å². The van der Waals surface area contributed by atoms with Crippen LogP contribution in [0, 0.1) is 0 Å². The van der Waals surface area contributed by atoms with E-state index in [2.05, 4.69) is 243 Å². The van der Waals surface area contributed by atoms with Crippen LogP contribution in [0.15, 0.2) is 276 Å². The second kappa shape index (κ2) is 19.5. The smallest absolute Gasteiger partial charge is 0.246 e. The summed E-state index contributed by atoms with van der Waals surface area (Å²) in [5.74, 6) is 0. The van der Waals surface area contributed by atoms with Crippen molar-refractivity contribution in [2.45, 2.75) is 0 Å². The van der Waals surface area contributed by atoms with E-state index >= 15 is 0 Å². The number of hydrogen-bond acceptors (Lipinski definition) is 8. The Labute approximate surface area is 488 Å². The number of furan rings is 2. The fourth-order valence-corrected chi connectivity index (χ4v) is 14.7. The van der Waals surface area contributed by atoms with Gasteiger partial charge in [-0.2, -0.15) is 0 Å². The lowest BCUT2D eigenvalue weighted by Crippen LogP contribution is -1.88. The summed E-state index contributed by atoms with van der Waals surface area (Å²) in [6, 6.07) is 90.0. The molecule has 0 saturated carbocycles. The second-order valence-corrected chi connectivity index (χ2v) is 23.4. The largest absolute Gasteiger partial charge is 0.436 e. The Kier molecular flexibility index (Phi) is 11.2. The summed E-state index contributed by atoms with van der Waals surface area (Å²) in [6.45, 7) is 0. The highest BCUT2D eigenvalue weighted by molar-refractivity contribution is 7.26. The SMILES string of the molecule is c1cc(-c2cnc3c(n2)oc2ccc(-c4ccc5ccccc5c4)cc23)cc(-c2cccc3c2sc2ccccc23)c1.c1cc(-c2cnc3c(n2)oc2ccc(-c4cccc5ccccc45)cc23)cc(-c2cccc3c2sc2ccccc23)c1. The maximum absolute atomic E-state index is 6.23. The van der Waals surface area contributed by atoms with Crippen molar-refractivity contribution in [3.63, 3.8) is 0 Å². The highest BCUT2D eigenvalue weighted by atomic mass is 32.1. The third-order valence-electron chi connectivity index (χ3n) is 16.3. The Bertz CT molecular complexity index is 5660. The fraction of sp³-hybridized carbons (Fsp3) is 0. The van der Waals surface area contributed by atoms with Gasteiger partial charge in [0.15, 0.2) is 0 Å². The zero-order chi connectivity index (χ0) is 55.2. The van der Waals surface area contributed by atoms with E-state index < -0.39 is 0 Å². The van der Waals surface area contributed by atoms with Crippen LogP contribution in [0.1, 0.15) is 0 Å². The zero-order valence-corrected chi connectivity index (χ0v) is 46.5. The van der Waals surface area contributed by atoms with Crippen molar-refractivity contribution in [2.75, 3.05) is 0 Å². The fourth-order valence-electron chi connectivity index (χ4n) is 12.2. The van der Waals surface area contributed by atoms with Crippen LogP contribution in [0.4, 0.5) is 0 Å². The van der Waals surface area contributed by atoms with Crippen LogP contribution in [-0.4, -0.2) is 19.9 Å². The number of fused-ring (bicyclic) bond motifs is 14. The lowest BCUT2D eigenvalue weighted by Gasteiger charge is -2.07. The Balaban J connectivity index is 0.000000132. The minimum atomic E-state index is 0.551. The van der Waals surface area contributed by atoms with Crippen molar-refractivity contribution >= 4 is 129 Å². The van der Waals surface area contributed by atoms with Gasteiger partial charge in [-0.3, -0.25) is 0 Å². The summed E-state index contributed by atoms with van der Waals surface area (Å²) in [5, 5.41) is 12.1. The zero-order valence-electron chi connectivity index (χ0n) is 44.8. The average Bonchev–Trinajstić information content (AvgIpc) is 3.36. The predicted octanol–water partition coefficient (Wildman–Crippen LogP) is 21.8. The van der Waals surface area contributed by atoms with E-state index in [1.807, 2.05) is 47.2 Å². The normalized spacial score (nSPS) is 11.8. The van der Waals surface area contributed by atoms with E-state index in [4.69, 9.17) is 28.8 Å². The molecule has 84 heavy (non-hydrogen) atoms. The van der Waals surface area contributed by atoms with Gasteiger partial charge in [0.2, 0.25) is 11.4 Å². The molecule has 0 aliphatic carbocycles. The van der Waals surface area contributed by atoms with E-state index in [9.17, 15) is 0 Å². The summed E-state index contributed by atoms with van der Waals surface area (Å²) in [5.41, 5.74) is 17.3. The lowest BCUT2D eigenvalue weighted by atomic mass is 9.97. The molecule has 6 heterocycles. The monoisotopic (exact) mass is 1110 g/mol. The quantitative estimate of drug-likeness (QED) is 0.165. The maximum Gasteiger partial charge on any atom is 0.246 e. The molecule has 6 nitrogen and oxygen atoms in total. The minimum absolute atomic E-state index is 0.551. The topological polar surface area (TPSA) is 77.8 Å². The van der Waals surface area contributed by atoms with E-state index in [1.54, 1.807) is 0 Å². The van der Waals surface area contributed by atoms with Gasteiger partial charge < -0.3 is 8.83 Å². The molecule has 18 rings (SSSR count). The number of thiophene rings is 2. The van der Waals surface area contributed by atoms with Gasteiger partial charge in [-0.15, -0.1) is 22.7 Å². The molecule has 0 bridgehead atoms. The number of aromatic nitrogens is 4. The lowest BCUT2D eigenvalue weighted by molar-refractivity contribution is 0.653. The highest BCUT2D eigenvalue weighted by Gasteiger charge is 2.18. The third-order valence-corrected chi connectivity index (χ3v) is 18.7. The molecule has 0 radical (unpaired) electrons. The molecule has 18 aromatic rings. The van der Waals surface area contributed by atoms with Gasteiger partial charge in [0.1, 0.15) is 22.2 Å². The van der Waals surface area contributed by atoms with Gasteiger partial charge in [-0.1, -0.05) is 200 Å². The molecule has 0 amide bonds. The predicted molar refractivity (Wildman–Crippen MR) is 352 cm³/mol. The Morgan fingerprint density at radius 3 is 1.32 bits per heavy atom. The van der Waals surface area contributed by atoms with Gasteiger partial charge in [-0.05, 0) is 121 Å². The van der Waals surface area contributed by atoms with Gasteiger partial charge in [0.05, 0.1) is 23.8 Å². The van der Waals surface area contributed by atoms with Crippen LogP contribution in [0.2, 0.25) is 0 Å². The van der Waals surface area contributed by atoms with Gasteiger partial charge in [0, 0.05) is 62.2 Å². The van der Waals surface area contributed by atoms with Crippen molar-refractivity contribution in [2.24, 2.45) is 0 Å². The first-order valence-electron chi connectivity index (χ1n) is 28.0. The van der Waals surface area contributed by atoms with Crippen molar-refractivity contribution < 1.29 is 8.83 Å². The van der Waals surface area contributed by atoms with Crippen LogP contribution < -0.4 is 0 Å². The van der Waals surface area contributed by atoms with E-state index in [-0.39, 0.29) is 0 Å². The molecule has 12 aromatic carbocycles. The van der Waals surface area contributed by atoms with Crippen molar-refractivity contribution in [3.05, 3.63) is 267 Å². The third kappa shape index (κ3) is 8.14. The highest BCUT2D eigenvalue weighted by Crippen LogP contribution is 2.43. The van der Waals surface area contributed by atoms with Crippen LogP contribution in [0.3, 0.4) is 0 Å². The van der Waals surface area contributed by atoms with E-state index in [0.29, 0.717) is 11.4 Å². The van der Waals surface area contributed by atoms with E-state index in [0.717, 1.165) is 77.7 Å². The summed E-state index contributed by atoms with van der Waals surface area (Å²) < 4.78 is 17.7. The molecule has 6 aromatic heterocycles. The van der Waals surface area contributed by atoms with Crippen molar-refractivity contribution in [1.82, 2.24) is 19.9 Å². The molecule has 0 aliphatic rings. The van der Waals surface area contributed by atoms with Gasteiger partial charge in [0.25, 0.3) is 0 Å². The first kappa shape index (κ1) is 48.1. The summed E-state index contributed by atoms with van der Waals surface area (Å²) >= 11 is 3.69. The summed E-state index contributed by atoms with van der Waals surface area (Å²) in [7, 11) is 0. The standard InChI is InChI=1S/2C38H22N2OS/c1-2-12-27-23(8-1)9-6-14-28(27)25-18-19-34-32(21-25)36-38(41-34)40-33(22-39-36)26-11-5-10-24(20-26)29-15-7-16-31-30-13-3-4-17-35(30)42-37(29)31;1-2-8-24-19-25(16-15-23(24)7-1)26-17-18-34-32(21-26)36-38(41-34)40-33(22-39-36)28-10-5-9-27(20-28)29-12-6-13-31-30-11-3-4-14-35(30)42-37(29)31/h2*1-22H. The molecule has 0 spiro atoms. The second-order valence-electron chi connectivity index (χ2n) is 21.3. The number of rotatable bonds is 6. The van der Waals surface area contributed by atoms with Crippen LogP contribution >= 0.6 is 22.7 Å².